The number of ether oxygens (including phenoxy) is 1. The molecular weight excluding hydrogens is 461 g/mol. The van der Waals surface area contributed by atoms with Crippen molar-refractivity contribution in [2.24, 2.45) is 0 Å². The highest BCUT2D eigenvalue weighted by Gasteiger charge is 2.15. The van der Waals surface area contributed by atoms with Crippen LogP contribution in [0.25, 0.3) is 10.9 Å². The molecule has 2 N–H and O–H groups in total. The molecule has 0 saturated heterocycles. The summed E-state index contributed by atoms with van der Waals surface area (Å²) in [5.41, 5.74) is 5.14. The number of rotatable bonds is 7. The SMILES string of the molecule is CCOc1ccc(NC(=S)N(Cc2ccc(F)cc2)Cc2cc3c(C)cc(C)cc3[nH]c2=O)cc1. The number of thiocarbonyl (C=S) groups is 1. The van der Waals surface area contributed by atoms with Gasteiger partial charge in [-0.2, -0.15) is 0 Å². The van der Waals surface area contributed by atoms with Gasteiger partial charge in [0.1, 0.15) is 11.6 Å². The first kappa shape index (κ1) is 24.4. The van der Waals surface area contributed by atoms with E-state index >= 15 is 0 Å². The number of H-pyrrole nitrogens is 1. The van der Waals surface area contributed by atoms with E-state index in [0.717, 1.165) is 39.0 Å². The van der Waals surface area contributed by atoms with Gasteiger partial charge in [-0.3, -0.25) is 4.79 Å². The molecule has 0 bridgehead atoms. The third kappa shape index (κ3) is 6.05. The van der Waals surface area contributed by atoms with Crippen LogP contribution in [-0.4, -0.2) is 21.6 Å². The number of aryl methyl sites for hydroxylation is 2. The molecule has 4 aromatic rings. The number of hydrogen-bond acceptors (Lipinski definition) is 3. The summed E-state index contributed by atoms with van der Waals surface area (Å²) >= 11 is 5.74. The molecule has 4 rings (SSSR count). The molecule has 5 nitrogen and oxygen atoms in total. The third-order valence-electron chi connectivity index (χ3n) is 5.74. The Morgan fingerprint density at radius 3 is 2.43 bits per heavy atom. The van der Waals surface area contributed by atoms with Gasteiger partial charge in [0, 0.05) is 28.7 Å². The van der Waals surface area contributed by atoms with E-state index in [9.17, 15) is 9.18 Å². The predicted molar refractivity (Wildman–Crippen MR) is 144 cm³/mol. The molecule has 0 saturated carbocycles. The molecule has 0 aliphatic heterocycles. The quantitative estimate of drug-likeness (QED) is 0.308. The summed E-state index contributed by atoms with van der Waals surface area (Å²) in [6.07, 6.45) is 0. The van der Waals surface area contributed by atoms with Gasteiger partial charge < -0.3 is 19.9 Å². The van der Waals surface area contributed by atoms with Crippen molar-refractivity contribution in [2.75, 3.05) is 11.9 Å². The molecule has 0 fully saturated rings. The number of aromatic nitrogens is 1. The number of benzene rings is 3. The zero-order valence-electron chi connectivity index (χ0n) is 20.0. The fourth-order valence-electron chi connectivity index (χ4n) is 4.05. The van der Waals surface area contributed by atoms with Crippen LogP contribution in [0.1, 0.15) is 29.2 Å². The standard InChI is InChI=1S/C28H28FN3O2S/c1-4-34-24-11-9-23(10-12-24)30-28(35)32(16-20-5-7-22(29)8-6-20)17-21-15-25-19(3)13-18(2)14-26(25)31-27(21)33/h5-15H,4,16-17H2,1-3H3,(H,30,35)(H,31,33). The molecule has 0 aliphatic carbocycles. The van der Waals surface area contributed by atoms with Crippen LogP contribution in [0.15, 0.2) is 71.5 Å². The van der Waals surface area contributed by atoms with Crippen LogP contribution in [-0.2, 0) is 13.1 Å². The number of pyridine rings is 1. The lowest BCUT2D eigenvalue weighted by molar-refractivity contribution is 0.340. The van der Waals surface area contributed by atoms with Crippen molar-refractivity contribution in [1.82, 2.24) is 9.88 Å². The largest absolute Gasteiger partial charge is 0.494 e. The maximum atomic E-state index is 13.5. The van der Waals surface area contributed by atoms with Crippen LogP contribution in [0.3, 0.4) is 0 Å². The van der Waals surface area contributed by atoms with E-state index in [2.05, 4.69) is 16.4 Å². The van der Waals surface area contributed by atoms with E-state index in [-0.39, 0.29) is 11.4 Å². The van der Waals surface area contributed by atoms with Crippen LogP contribution in [0.2, 0.25) is 0 Å². The first-order chi connectivity index (χ1) is 16.8. The van der Waals surface area contributed by atoms with Gasteiger partial charge in [-0.25, -0.2) is 4.39 Å². The van der Waals surface area contributed by atoms with Gasteiger partial charge in [0.2, 0.25) is 0 Å². The van der Waals surface area contributed by atoms with Gasteiger partial charge in [-0.1, -0.05) is 18.2 Å². The Morgan fingerprint density at radius 1 is 1.03 bits per heavy atom. The lowest BCUT2D eigenvalue weighted by atomic mass is 10.0. The van der Waals surface area contributed by atoms with Gasteiger partial charge >= 0.3 is 0 Å². The molecule has 0 atom stereocenters. The molecule has 7 heteroatoms. The zero-order chi connectivity index (χ0) is 24.9. The van der Waals surface area contributed by atoms with Gasteiger partial charge in [0.05, 0.1) is 13.2 Å². The van der Waals surface area contributed by atoms with Crippen molar-refractivity contribution in [1.29, 1.82) is 0 Å². The average molecular weight is 490 g/mol. The molecular formula is C28H28FN3O2S. The molecule has 35 heavy (non-hydrogen) atoms. The monoisotopic (exact) mass is 489 g/mol. The average Bonchev–Trinajstić information content (AvgIpc) is 2.82. The lowest BCUT2D eigenvalue weighted by Crippen LogP contribution is -2.35. The molecule has 0 spiro atoms. The maximum Gasteiger partial charge on any atom is 0.253 e. The number of fused-ring (bicyclic) bond motifs is 1. The molecule has 0 amide bonds. The number of nitrogens with one attached hydrogen (secondary N) is 2. The maximum absolute atomic E-state index is 13.5. The number of halogens is 1. The minimum Gasteiger partial charge on any atom is -0.494 e. The van der Waals surface area contributed by atoms with Crippen molar-refractivity contribution in [3.63, 3.8) is 0 Å². The molecule has 1 heterocycles. The van der Waals surface area contributed by atoms with Crippen molar-refractivity contribution >= 4 is 33.9 Å². The summed E-state index contributed by atoms with van der Waals surface area (Å²) < 4.78 is 19.0. The Kier molecular flexibility index (Phi) is 7.46. The highest BCUT2D eigenvalue weighted by atomic mass is 32.1. The first-order valence-corrected chi connectivity index (χ1v) is 11.9. The Balaban J connectivity index is 1.63. The second-order valence-corrected chi connectivity index (χ2v) is 8.92. The van der Waals surface area contributed by atoms with E-state index in [4.69, 9.17) is 17.0 Å². The lowest BCUT2D eigenvalue weighted by Gasteiger charge is -2.26. The van der Waals surface area contributed by atoms with Crippen molar-refractivity contribution in [2.45, 2.75) is 33.9 Å². The summed E-state index contributed by atoms with van der Waals surface area (Å²) in [5.74, 6) is 0.479. The number of aromatic amines is 1. The predicted octanol–water partition coefficient (Wildman–Crippen LogP) is 6.08. The van der Waals surface area contributed by atoms with Crippen molar-refractivity contribution < 1.29 is 9.13 Å². The number of anilines is 1. The molecule has 180 valence electrons. The molecule has 3 aromatic carbocycles. The smallest absolute Gasteiger partial charge is 0.253 e. The normalized spacial score (nSPS) is 10.9. The molecule has 0 unspecified atom stereocenters. The zero-order valence-corrected chi connectivity index (χ0v) is 20.8. The first-order valence-electron chi connectivity index (χ1n) is 11.5. The summed E-state index contributed by atoms with van der Waals surface area (Å²) in [5, 5.41) is 4.71. The summed E-state index contributed by atoms with van der Waals surface area (Å²) in [6.45, 7) is 7.27. The van der Waals surface area contributed by atoms with Crippen LogP contribution in [0.4, 0.5) is 10.1 Å². The van der Waals surface area contributed by atoms with Gasteiger partial charge in [-0.15, -0.1) is 0 Å². The summed E-state index contributed by atoms with van der Waals surface area (Å²) in [6, 6.07) is 19.8. The Labute approximate surface area is 209 Å². The van der Waals surface area contributed by atoms with E-state index in [1.807, 2.05) is 62.1 Å². The van der Waals surface area contributed by atoms with Gasteiger partial charge in [-0.05, 0) is 98.2 Å². The van der Waals surface area contributed by atoms with Gasteiger partial charge in [0.15, 0.2) is 5.11 Å². The number of hydrogen-bond donors (Lipinski definition) is 2. The Bertz CT molecular complexity index is 1400. The van der Waals surface area contributed by atoms with Crippen molar-refractivity contribution in [3.05, 3.63) is 105 Å². The van der Waals surface area contributed by atoms with E-state index in [1.165, 1.54) is 12.1 Å². The highest BCUT2D eigenvalue weighted by Crippen LogP contribution is 2.21. The van der Waals surface area contributed by atoms with Crippen LogP contribution in [0.5, 0.6) is 5.75 Å². The van der Waals surface area contributed by atoms with Crippen LogP contribution < -0.4 is 15.6 Å². The fraction of sp³-hybridized carbons (Fsp3) is 0.214. The van der Waals surface area contributed by atoms with E-state index in [0.29, 0.717) is 30.4 Å². The van der Waals surface area contributed by atoms with Gasteiger partial charge in [0.25, 0.3) is 5.56 Å². The van der Waals surface area contributed by atoms with E-state index < -0.39 is 0 Å². The second kappa shape index (κ2) is 10.7. The Morgan fingerprint density at radius 2 is 1.74 bits per heavy atom. The summed E-state index contributed by atoms with van der Waals surface area (Å²) in [4.78, 5) is 17.9. The Hall–Kier alpha value is -3.71. The van der Waals surface area contributed by atoms with Crippen molar-refractivity contribution in [3.8, 4) is 5.75 Å². The van der Waals surface area contributed by atoms with Crippen LogP contribution >= 0.6 is 12.2 Å². The highest BCUT2D eigenvalue weighted by molar-refractivity contribution is 7.80. The molecule has 1 aromatic heterocycles. The van der Waals surface area contributed by atoms with Crippen LogP contribution in [0, 0.1) is 19.7 Å². The summed E-state index contributed by atoms with van der Waals surface area (Å²) in [7, 11) is 0. The van der Waals surface area contributed by atoms with E-state index in [1.54, 1.807) is 12.1 Å². The molecule has 0 radical (unpaired) electrons. The number of nitrogens with zero attached hydrogens (tertiary/aromatic N) is 1. The molecule has 0 aliphatic rings. The minimum atomic E-state index is -0.299. The third-order valence-corrected chi connectivity index (χ3v) is 6.10. The topological polar surface area (TPSA) is 57.4 Å². The minimum absolute atomic E-state index is 0.157. The second-order valence-electron chi connectivity index (χ2n) is 8.54. The fourth-order valence-corrected chi connectivity index (χ4v) is 4.30.